The average Bonchev–Trinajstić information content (AvgIpc) is 2.71. The van der Waals surface area contributed by atoms with Crippen molar-refractivity contribution < 1.29 is 14.2 Å². The van der Waals surface area contributed by atoms with Gasteiger partial charge in [0.2, 0.25) is 0 Å². The number of benzene rings is 1. The first-order valence-corrected chi connectivity index (χ1v) is 9.48. The van der Waals surface area contributed by atoms with Crippen LogP contribution in [0, 0.1) is 0 Å². The average molecular weight is 379 g/mol. The van der Waals surface area contributed by atoms with Crippen molar-refractivity contribution in [2.75, 3.05) is 60.7 Å². The number of nitrogens with zero attached hydrogens (tertiary/aromatic N) is 2. The Hall–Kier alpha value is -1.99. The van der Waals surface area contributed by atoms with Gasteiger partial charge in [0.05, 0.1) is 27.4 Å². The summed E-state index contributed by atoms with van der Waals surface area (Å²) in [6.45, 7) is 9.61. The van der Waals surface area contributed by atoms with Gasteiger partial charge in [-0.3, -0.25) is 9.89 Å². The van der Waals surface area contributed by atoms with E-state index in [1.807, 2.05) is 18.2 Å². The van der Waals surface area contributed by atoms with E-state index in [9.17, 15) is 0 Å². The maximum atomic E-state index is 5.45. The molecule has 1 aromatic rings. The molecule has 0 amide bonds. The summed E-state index contributed by atoms with van der Waals surface area (Å²) in [4.78, 5) is 6.80. The molecule has 152 valence electrons. The number of methoxy groups -OCH3 is 2. The van der Waals surface area contributed by atoms with Crippen molar-refractivity contribution in [3.8, 4) is 11.5 Å². The highest BCUT2D eigenvalue weighted by Crippen LogP contribution is 2.24. The molecular weight excluding hydrogens is 344 g/mol. The molecule has 1 aliphatic heterocycles. The molecule has 7 nitrogen and oxygen atoms in total. The Morgan fingerprint density at radius 3 is 2.56 bits per heavy atom. The van der Waals surface area contributed by atoms with Crippen LogP contribution in [-0.2, 0) is 11.2 Å². The lowest BCUT2D eigenvalue weighted by atomic mass is 10.0. The van der Waals surface area contributed by atoms with E-state index >= 15 is 0 Å². The number of rotatable bonds is 8. The highest BCUT2D eigenvalue weighted by atomic mass is 16.5. The van der Waals surface area contributed by atoms with Gasteiger partial charge in [0, 0.05) is 38.8 Å². The monoisotopic (exact) mass is 378 g/mol. The van der Waals surface area contributed by atoms with Gasteiger partial charge in [0.15, 0.2) is 5.96 Å². The van der Waals surface area contributed by atoms with E-state index < -0.39 is 0 Å². The fourth-order valence-electron chi connectivity index (χ4n) is 3.19. The molecule has 0 saturated carbocycles. The molecule has 0 radical (unpaired) electrons. The highest BCUT2D eigenvalue weighted by molar-refractivity contribution is 5.79. The normalized spacial score (nSPS) is 16.1. The van der Waals surface area contributed by atoms with E-state index in [0.29, 0.717) is 0 Å². The number of nitrogens with one attached hydrogen (secondary N) is 2. The number of morpholine rings is 1. The van der Waals surface area contributed by atoms with Crippen molar-refractivity contribution >= 4 is 5.96 Å². The molecule has 0 bridgehead atoms. The predicted octanol–water partition coefficient (Wildman–Crippen LogP) is 1.52. The Morgan fingerprint density at radius 1 is 1.19 bits per heavy atom. The molecular formula is C20H34N4O3. The molecule has 1 heterocycles. The van der Waals surface area contributed by atoms with Crippen LogP contribution < -0.4 is 20.1 Å². The smallest absolute Gasteiger partial charge is 0.191 e. The molecule has 1 fully saturated rings. The first-order chi connectivity index (χ1) is 13.0. The van der Waals surface area contributed by atoms with Gasteiger partial charge in [-0.15, -0.1) is 0 Å². The summed E-state index contributed by atoms with van der Waals surface area (Å²) in [5.41, 5.74) is 1.14. The third-order valence-electron chi connectivity index (χ3n) is 4.95. The minimum Gasteiger partial charge on any atom is -0.497 e. The molecule has 0 aliphatic carbocycles. The van der Waals surface area contributed by atoms with Crippen LogP contribution in [0.4, 0.5) is 0 Å². The van der Waals surface area contributed by atoms with Crippen LogP contribution in [0.25, 0.3) is 0 Å². The second-order valence-corrected chi connectivity index (χ2v) is 7.19. The molecule has 7 heteroatoms. The zero-order chi connectivity index (χ0) is 19.7. The molecule has 0 aromatic heterocycles. The largest absolute Gasteiger partial charge is 0.497 e. The lowest BCUT2D eigenvalue weighted by molar-refractivity contribution is -0.00833. The lowest BCUT2D eigenvalue weighted by Gasteiger charge is -2.41. The van der Waals surface area contributed by atoms with Gasteiger partial charge in [0.1, 0.15) is 11.5 Å². The van der Waals surface area contributed by atoms with Crippen LogP contribution in [0.1, 0.15) is 19.4 Å². The van der Waals surface area contributed by atoms with Gasteiger partial charge in [-0.1, -0.05) is 0 Å². The predicted molar refractivity (Wildman–Crippen MR) is 109 cm³/mol. The zero-order valence-corrected chi connectivity index (χ0v) is 17.3. The molecule has 1 aromatic carbocycles. The van der Waals surface area contributed by atoms with E-state index in [1.54, 1.807) is 21.3 Å². The molecule has 2 N–H and O–H groups in total. The number of guanidine groups is 1. The van der Waals surface area contributed by atoms with E-state index in [4.69, 9.17) is 14.2 Å². The summed E-state index contributed by atoms with van der Waals surface area (Å²) in [6.07, 6.45) is 0.813. The van der Waals surface area contributed by atoms with E-state index in [0.717, 1.165) is 68.8 Å². The summed E-state index contributed by atoms with van der Waals surface area (Å²) in [5.74, 6) is 2.51. The van der Waals surface area contributed by atoms with Crippen molar-refractivity contribution in [2.45, 2.75) is 25.8 Å². The van der Waals surface area contributed by atoms with Gasteiger partial charge in [-0.2, -0.15) is 0 Å². The van der Waals surface area contributed by atoms with Gasteiger partial charge >= 0.3 is 0 Å². The van der Waals surface area contributed by atoms with Crippen molar-refractivity contribution in [1.82, 2.24) is 15.5 Å². The minimum absolute atomic E-state index is 0.0391. The van der Waals surface area contributed by atoms with Crippen LogP contribution in [-0.4, -0.2) is 77.1 Å². The summed E-state index contributed by atoms with van der Waals surface area (Å²) in [5, 5.41) is 6.83. The standard InChI is InChI=1S/C20H34N4O3/c1-20(2,24-10-12-27-13-11-24)15-23-19(21-3)22-9-8-16-14-17(25-4)6-7-18(16)26-5/h6-7,14H,8-13,15H2,1-5H3,(H2,21,22,23). The fourth-order valence-corrected chi connectivity index (χ4v) is 3.19. The minimum atomic E-state index is 0.0391. The van der Waals surface area contributed by atoms with Crippen molar-refractivity contribution in [1.29, 1.82) is 0 Å². The second-order valence-electron chi connectivity index (χ2n) is 7.19. The van der Waals surface area contributed by atoms with Gasteiger partial charge in [-0.25, -0.2) is 0 Å². The topological polar surface area (TPSA) is 67.4 Å². The summed E-state index contributed by atoms with van der Waals surface area (Å²) in [6, 6.07) is 5.86. The van der Waals surface area contributed by atoms with Crippen LogP contribution in [0.15, 0.2) is 23.2 Å². The molecule has 1 saturated heterocycles. The van der Waals surface area contributed by atoms with Gasteiger partial charge < -0.3 is 24.8 Å². The Bertz CT molecular complexity index is 613. The zero-order valence-electron chi connectivity index (χ0n) is 17.3. The number of hydrogen-bond donors (Lipinski definition) is 2. The molecule has 0 unspecified atom stereocenters. The van der Waals surface area contributed by atoms with Crippen LogP contribution in [0.3, 0.4) is 0 Å². The Labute approximate surface area is 163 Å². The quantitative estimate of drug-likeness (QED) is 0.528. The molecule has 0 atom stereocenters. The SMILES string of the molecule is CN=C(NCCc1cc(OC)ccc1OC)NCC(C)(C)N1CCOCC1. The number of aliphatic imine (C=N–C) groups is 1. The van der Waals surface area contributed by atoms with Crippen molar-refractivity contribution in [3.05, 3.63) is 23.8 Å². The Kier molecular flexibility index (Phi) is 8.19. The van der Waals surface area contributed by atoms with Gasteiger partial charge in [0.25, 0.3) is 0 Å². The number of hydrogen-bond acceptors (Lipinski definition) is 5. The van der Waals surface area contributed by atoms with E-state index in [2.05, 4.69) is 34.4 Å². The van der Waals surface area contributed by atoms with E-state index in [1.165, 1.54) is 0 Å². The van der Waals surface area contributed by atoms with Gasteiger partial charge in [-0.05, 0) is 44.0 Å². The van der Waals surface area contributed by atoms with Crippen molar-refractivity contribution in [3.63, 3.8) is 0 Å². The summed E-state index contributed by atoms with van der Waals surface area (Å²) in [7, 11) is 5.15. The van der Waals surface area contributed by atoms with Crippen LogP contribution in [0.2, 0.25) is 0 Å². The Balaban J connectivity index is 1.83. The molecule has 27 heavy (non-hydrogen) atoms. The molecule has 0 spiro atoms. The highest BCUT2D eigenvalue weighted by Gasteiger charge is 2.28. The van der Waals surface area contributed by atoms with Crippen LogP contribution in [0.5, 0.6) is 11.5 Å². The first kappa shape index (κ1) is 21.3. The Morgan fingerprint density at radius 2 is 1.93 bits per heavy atom. The van der Waals surface area contributed by atoms with Crippen molar-refractivity contribution in [2.24, 2.45) is 4.99 Å². The summed E-state index contributed by atoms with van der Waals surface area (Å²) < 4.78 is 16.2. The number of ether oxygens (including phenoxy) is 3. The van der Waals surface area contributed by atoms with E-state index in [-0.39, 0.29) is 5.54 Å². The first-order valence-electron chi connectivity index (χ1n) is 9.48. The third-order valence-corrected chi connectivity index (χ3v) is 4.95. The summed E-state index contributed by atoms with van der Waals surface area (Å²) >= 11 is 0. The van der Waals surface area contributed by atoms with Crippen LogP contribution >= 0.6 is 0 Å². The second kappa shape index (κ2) is 10.4. The maximum Gasteiger partial charge on any atom is 0.191 e. The fraction of sp³-hybridized carbons (Fsp3) is 0.650. The third kappa shape index (κ3) is 6.29. The molecule has 2 rings (SSSR count). The lowest BCUT2D eigenvalue weighted by Crippen LogP contribution is -2.56. The molecule has 1 aliphatic rings. The maximum absolute atomic E-state index is 5.45.